The van der Waals surface area contributed by atoms with Crippen LogP contribution >= 0.6 is 12.4 Å². The molecule has 0 atom stereocenters. The molecule has 0 amide bonds. The summed E-state index contributed by atoms with van der Waals surface area (Å²) in [4.78, 5) is 4.24. The predicted octanol–water partition coefficient (Wildman–Crippen LogP) is 2.20. The molecule has 6 heteroatoms. The summed E-state index contributed by atoms with van der Waals surface area (Å²) in [6.07, 6.45) is 0.727. The number of halogens is 1. The summed E-state index contributed by atoms with van der Waals surface area (Å²) in [5, 5.41) is 12.5. The van der Waals surface area contributed by atoms with Gasteiger partial charge in [0, 0.05) is 18.5 Å². The van der Waals surface area contributed by atoms with E-state index >= 15 is 0 Å². The van der Waals surface area contributed by atoms with E-state index in [1.807, 2.05) is 31.2 Å². The molecule has 2 aromatic rings. The molecule has 1 aromatic heterocycles. The zero-order valence-electron chi connectivity index (χ0n) is 9.38. The van der Waals surface area contributed by atoms with Crippen LogP contribution in [0, 0.1) is 0 Å². The number of hydroxylamine groups is 1. The first-order valence-corrected chi connectivity index (χ1v) is 5.12. The molecule has 92 valence electrons. The van der Waals surface area contributed by atoms with Crippen LogP contribution in [0.5, 0.6) is 0 Å². The molecule has 0 aliphatic heterocycles. The molecule has 2 rings (SSSR count). The average molecular weight is 256 g/mol. The summed E-state index contributed by atoms with van der Waals surface area (Å²) in [5.74, 6) is 1.21. The molecular formula is C11H14ClN3O2. The maximum Gasteiger partial charge on any atom is 0.226 e. The summed E-state index contributed by atoms with van der Waals surface area (Å²) in [5.41, 5.74) is 3.96. The maximum absolute atomic E-state index is 8.62. The van der Waals surface area contributed by atoms with Crippen molar-refractivity contribution in [2.45, 2.75) is 19.9 Å². The molecular weight excluding hydrogens is 242 g/mol. The highest BCUT2D eigenvalue weighted by Gasteiger charge is 2.07. The van der Waals surface area contributed by atoms with Crippen molar-refractivity contribution in [3.05, 3.63) is 35.7 Å². The molecule has 0 bridgehead atoms. The molecule has 0 unspecified atom stereocenters. The molecule has 0 spiro atoms. The van der Waals surface area contributed by atoms with Crippen molar-refractivity contribution < 1.29 is 9.73 Å². The Bertz CT molecular complexity index is 473. The minimum atomic E-state index is 0. The molecule has 2 N–H and O–H groups in total. The lowest BCUT2D eigenvalue weighted by atomic mass is 10.1. The van der Waals surface area contributed by atoms with E-state index in [0.717, 1.165) is 17.5 Å². The molecule has 0 radical (unpaired) electrons. The van der Waals surface area contributed by atoms with Gasteiger partial charge in [0.2, 0.25) is 11.7 Å². The Hall–Kier alpha value is -1.43. The third-order valence-corrected chi connectivity index (χ3v) is 2.24. The Labute approximate surface area is 105 Å². The smallest absolute Gasteiger partial charge is 0.226 e. The van der Waals surface area contributed by atoms with Crippen LogP contribution in [0.2, 0.25) is 0 Å². The van der Waals surface area contributed by atoms with Crippen LogP contribution in [0.1, 0.15) is 18.4 Å². The lowest BCUT2D eigenvalue weighted by molar-refractivity contribution is 0.161. The number of nitrogens with one attached hydrogen (secondary N) is 1. The fraction of sp³-hybridized carbons (Fsp3) is 0.273. The fourth-order valence-electron chi connectivity index (χ4n) is 1.43. The SMILES string of the molecule is CCc1nc(-c2cccc(CNO)c2)no1.Cl. The van der Waals surface area contributed by atoms with Crippen LogP contribution < -0.4 is 5.48 Å². The minimum absolute atomic E-state index is 0. The summed E-state index contributed by atoms with van der Waals surface area (Å²) < 4.78 is 5.04. The largest absolute Gasteiger partial charge is 0.339 e. The molecule has 0 aliphatic carbocycles. The lowest BCUT2D eigenvalue weighted by Crippen LogP contribution is -2.05. The van der Waals surface area contributed by atoms with E-state index in [2.05, 4.69) is 15.6 Å². The number of nitrogens with zero attached hydrogens (tertiary/aromatic N) is 2. The number of hydrogen-bond acceptors (Lipinski definition) is 5. The van der Waals surface area contributed by atoms with Crippen LogP contribution in [-0.2, 0) is 13.0 Å². The number of benzene rings is 1. The normalized spacial score (nSPS) is 10.0. The first-order valence-electron chi connectivity index (χ1n) is 5.12. The third-order valence-electron chi connectivity index (χ3n) is 2.24. The van der Waals surface area contributed by atoms with Gasteiger partial charge in [0.1, 0.15) is 0 Å². The quantitative estimate of drug-likeness (QED) is 0.820. The van der Waals surface area contributed by atoms with Crippen LogP contribution in [0.4, 0.5) is 0 Å². The van der Waals surface area contributed by atoms with E-state index in [1.54, 1.807) is 0 Å². The molecule has 5 nitrogen and oxygen atoms in total. The van der Waals surface area contributed by atoms with Gasteiger partial charge in [-0.25, -0.2) is 5.48 Å². The van der Waals surface area contributed by atoms with Gasteiger partial charge in [-0.2, -0.15) is 4.98 Å². The van der Waals surface area contributed by atoms with Gasteiger partial charge < -0.3 is 9.73 Å². The van der Waals surface area contributed by atoms with Crippen LogP contribution in [0.15, 0.2) is 28.8 Å². The highest BCUT2D eigenvalue weighted by Crippen LogP contribution is 2.17. The van der Waals surface area contributed by atoms with Crippen molar-refractivity contribution in [2.75, 3.05) is 0 Å². The number of aromatic nitrogens is 2. The molecule has 17 heavy (non-hydrogen) atoms. The molecule has 1 heterocycles. The van der Waals surface area contributed by atoms with Gasteiger partial charge in [0.15, 0.2) is 0 Å². The highest BCUT2D eigenvalue weighted by atomic mass is 35.5. The molecule has 1 aromatic carbocycles. The van der Waals surface area contributed by atoms with E-state index in [1.165, 1.54) is 0 Å². The van der Waals surface area contributed by atoms with E-state index < -0.39 is 0 Å². The Morgan fingerprint density at radius 1 is 1.41 bits per heavy atom. The Morgan fingerprint density at radius 2 is 2.24 bits per heavy atom. The van der Waals surface area contributed by atoms with Gasteiger partial charge >= 0.3 is 0 Å². The van der Waals surface area contributed by atoms with Gasteiger partial charge in [-0.3, -0.25) is 0 Å². The van der Waals surface area contributed by atoms with Crippen LogP contribution in [0.3, 0.4) is 0 Å². The van der Waals surface area contributed by atoms with E-state index in [4.69, 9.17) is 9.73 Å². The summed E-state index contributed by atoms with van der Waals surface area (Å²) >= 11 is 0. The molecule has 0 saturated carbocycles. The fourth-order valence-corrected chi connectivity index (χ4v) is 1.43. The zero-order valence-corrected chi connectivity index (χ0v) is 10.2. The molecule has 0 aliphatic rings. The van der Waals surface area contributed by atoms with E-state index in [-0.39, 0.29) is 12.4 Å². The molecule has 0 fully saturated rings. The third kappa shape index (κ3) is 3.26. The predicted molar refractivity (Wildman–Crippen MR) is 65.0 cm³/mol. The van der Waals surface area contributed by atoms with Gasteiger partial charge in [-0.05, 0) is 11.6 Å². The van der Waals surface area contributed by atoms with Crippen molar-refractivity contribution >= 4 is 12.4 Å². The minimum Gasteiger partial charge on any atom is -0.339 e. The van der Waals surface area contributed by atoms with Gasteiger partial charge in [-0.15, -0.1) is 12.4 Å². The van der Waals surface area contributed by atoms with E-state index in [9.17, 15) is 0 Å². The summed E-state index contributed by atoms with van der Waals surface area (Å²) in [6.45, 7) is 2.36. The Morgan fingerprint density at radius 3 is 2.88 bits per heavy atom. The topological polar surface area (TPSA) is 71.2 Å². The van der Waals surface area contributed by atoms with Gasteiger partial charge in [-0.1, -0.05) is 30.3 Å². The van der Waals surface area contributed by atoms with Crippen molar-refractivity contribution in [1.29, 1.82) is 0 Å². The maximum atomic E-state index is 8.62. The Balaban J connectivity index is 0.00000144. The second-order valence-corrected chi connectivity index (χ2v) is 3.40. The Kier molecular flexibility index (Phi) is 5.09. The summed E-state index contributed by atoms with van der Waals surface area (Å²) in [7, 11) is 0. The van der Waals surface area contributed by atoms with Crippen molar-refractivity contribution in [2.24, 2.45) is 0 Å². The van der Waals surface area contributed by atoms with Gasteiger partial charge in [0.05, 0.1) is 0 Å². The van der Waals surface area contributed by atoms with Crippen LogP contribution in [-0.4, -0.2) is 15.3 Å². The highest BCUT2D eigenvalue weighted by molar-refractivity contribution is 5.85. The van der Waals surface area contributed by atoms with Crippen molar-refractivity contribution in [1.82, 2.24) is 15.6 Å². The standard InChI is InChI=1S/C11H13N3O2.ClH/c1-2-10-13-11(14-16-10)9-5-3-4-8(6-9)7-12-15;/h3-6,12,15H,2,7H2,1H3;1H. The first kappa shape index (κ1) is 13.6. The second-order valence-electron chi connectivity index (χ2n) is 3.40. The average Bonchev–Trinajstić information content (AvgIpc) is 2.78. The first-order chi connectivity index (χ1) is 7.83. The number of aryl methyl sites for hydroxylation is 1. The number of hydrogen-bond donors (Lipinski definition) is 2. The second kappa shape index (κ2) is 6.34. The van der Waals surface area contributed by atoms with Crippen molar-refractivity contribution in [3.63, 3.8) is 0 Å². The zero-order chi connectivity index (χ0) is 11.4. The van der Waals surface area contributed by atoms with Crippen molar-refractivity contribution in [3.8, 4) is 11.4 Å². The summed E-state index contributed by atoms with van der Waals surface area (Å²) in [6, 6.07) is 7.62. The van der Waals surface area contributed by atoms with Gasteiger partial charge in [0.25, 0.3) is 0 Å². The number of rotatable bonds is 4. The van der Waals surface area contributed by atoms with Crippen LogP contribution in [0.25, 0.3) is 11.4 Å². The lowest BCUT2D eigenvalue weighted by Gasteiger charge is -2.00. The monoisotopic (exact) mass is 255 g/mol. The molecule has 0 saturated heterocycles. The van der Waals surface area contributed by atoms with E-state index in [0.29, 0.717) is 18.3 Å².